The molecule has 8 rings (SSSR count). The van der Waals surface area contributed by atoms with Crippen molar-refractivity contribution >= 4 is 58.2 Å². The van der Waals surface area contributed by atoms with E-state index in [1.54, 1.807) is 66.7 Å². The molecule has 2 aliphatic carbocycles. The van der Waals surface area contributed by atoms with E-state index >= 15 is 4.79 Å². The van der Waals surface area contributed by atoms with Crippen LogP contribution in [0.1, 0.15) is 29.9 Å². The van der Waals surface area contributed by atoms with Crippen LogP contribution in [-0.2, 0) is 24.6 Å². The predicted octanol–water partition coefficient (Wildman–Crippen LogP) is 7.04. The molecule has 0 unspecified atom stereocenters. The van der Waals surface area contributed by atoms with Gasteiger partial charge in [-0.15, -0.1) is 0 Å². The minimum atomic E-state index is -1.61. The maximum Gasteiger partial charge on any atom is 0.260 e. The Bertz CT molecular complexity index is 2140. The van der Waals surface area contributed by atoms with Crippen LogP contribution in [0.15, 0.2) is 103 Å². The number of hydrazine groups is 1. The number of nitrogens with zero attached hydrogens (tertiary/aromatic N) is 2. The molecule has 2 heterocycles. The number of rotatable bonds is 6. The van der Waals surface area contributed by atoms with Gasteiger partial charge >= 0.3 is 0 Å². The van der Waals surface area contributed by atoms with Gasteiger partial charge in [-0.25, -0.2) is 4.39 Å². The molecule has 4 aliphatic rings. The highest BCUT2D eigenvalue weighted by atomic mass is 35.5. The summed E-state index contributed by atoms with van der Waals surface area (Å²) in [5, 5.41) is 12.1. The molecular formula is C39H30Cl2FN3O6. The Morgan fingerprint density at radius 3 is 2.27 bits per heavy atom. The molecule has 4 aromatic rings. The second-order valence-corrected chi connectivity index (χ2v) is 14.1. The molecule has 12 heteroatoms. The second-order valence-electron chi connectivity index (χ2n) is 13.3. The van der Waals surface area contributed by atoms with E-state index in [2.05, 4.69) is 5.43 Å². The van der Waals surface area contributed by atoms with Gasteiger partial charge in [-0.2, -0.15) is 5.01 Å². The van der Waals surface area contributed by atoms with Crippen molar-refractivity contribution < 1.29 is 33.4 Å². The molecule has 0 spiro atoms. The number of hydrogen-bond donors (Lipinski definition) is 2. The molecule has 0 radical (unpaired) electrons. The van der Waals surface area contributed by atoms with E-state index in [0.717, 1.165) is 5.01 Å². The second kappa shape index (κ2) is 12.2. The number of benzene rings is 4. The van der Waals surface area contributed by atoms with Gasteiger partial charge in [0.25, 0.3) is 11.8 Å². The molecule has 51 heavy (non-hydrogen) atoms. The van der Waals surface area contributed by atoms with Crippen molar-refractivity contribution in [3.8, 4) is 11.5 Å². The number of phenolic OH excluding ortho intramolecular Hbond substituents is 1. The lowest BCUT2D eigenvalue weighted by molar-refractivity contribution is -0.138. The molecule has 9 nitrogen and oxygen atoms in total. The summed E-state index contributed by atoms with van der Waals surface area (Å²) < 4.78 is 19.4. The van der Waals surface area contributed by atoms with E-state index in [1.807, 2.05) is 6.08 Å². The van der Waals surface area contributed by atoms with Crippen LogP contribution in [-0.4, -0.2) is 40.9 Å². The number of methoxy groups -OCH3 is 1. The smallest absolute Gasteiger partial charge is 0.260 e. The summed E-state index contributed by atoms with van der Waals surface area (Å²) in [5.41, 5.74) is 3.73. The average molecular weight is 727 g/mol. The molecule has 1 saturated carbocycles. The van der Waals surface area contributed by atoms with Gasteiger partial charge in [0, 0.05) is 10.9 Å². The first kappa shape index (κ1) is 33.0. The number of hydrogen-bond acceptors (Lipinski definition) is 7. The number of amides is 4. The number of carbonyl (C=O) groups excluding carboxylic acids is 4. The third-order valence-corrected chi connectivity index (χ3v) is 11.4. The molecule has 258 valence electrons. The third-order valence-electron chi connectivity index (χ3n) is 10.9. The van der Waals surface area contributed by atoms with Gasteiger partial charge in [-0.1, -0.05) is 65.2 Å². The Balaban J connectivity index is 1.35. The first-order valence-electron chi connectivity index (χ1n) is 16.4. The van der Waals surface area contributed by atoms with Crippen LogP contribution in [0.2, 0.25) is 10.0 Å². The first-order valence-corrected chi connectivity index (χ1v) is 17.2. The van der Waals surface area contributed by atoms with E-state index < -0.39 is 52.6 Å². The molecule has 4 amide bonds. The molecule has 6 atom stereocenters. The number of nitrogens with one attached hydrogen (secondary N) is 1. The quantitative estimate of drug-likeness (QED) is 0.162. The number of fused-ring (bicyclic) bond motifs is 4. The van der Waals surface area contributed by atoms with Crippen molar-refractivity contribution in [1.29, 1.82) is 0 Å². The van der Waals surface area contributed by atoms with Crippen LogP contribution in [0, 0.1) is 29.5 Å². The summed E-state index contributed by atoms with van der Waals surface area (Å²) >= 11 is 13.0. The summed E-state index contributed by atoms with van der Waals surface area (Å²) in [6.45, 7) is 0. The lowest BCUT2D eigenvalue weighted by Gasteiger charge is -2.50. The number of anilines is 2. The van der Waals surface area contributed by atoms with E-state index in [0.29, 0.717) is 33.1 Å². The Hall–Kier alpha value is -5.19. The van der Waals surface area contributed by atoms with Crippen LogP contribution in [0.4, 0.5) is 15.8 Å². The topological polar surface area (TPSA) is 116 Å². The largest absolute Gasteiger partial charge is 0.503 e. The lowest BCUT2D eigenvalue weighted by Crippen LogP contribution is -2.53. The van der Waals surface area contributed by atoms with Crippen molar-refractivity contribution in [3.63, 3.8) is 0 Å². The molecular weight excluding hydrogens is 696 g/mol. The van der Waals surface area contributed by atoms with Crippen molar-refractivity contribution in [2.75, 3.05) is 17.4 Å². The lowest BCUT2D eigenvalue weighted by atomic mass is 9.49. The number of allylic oxidation sites excluding steroid dienone is 2. The first-order chi connectivity index (χ1) is 24.6. The fraction of sp³-hybridized carbons (Fsp3) is 0.231. The van der Waals surface area contributed by atoms with Gasteiger partial charge in [0.15, 0.2) is 11.5 Å². The molecule has 0 aromatic heterocycles. The Kier molecular flexibility index (Phi) is 7.92. The summed E-state index contributed by atoms with van der Waals surface area (Å²) in [6.07, 6.45) is 2.22. The summed E-state index contributed by atoms with van der Waals surface area (Å²) in [7, 11) is 1.38. The number of ether oxygens (including phenoxy) is 1. The van der Waals surface area contributed by atoms with Gasteiger partial charge in [0.05, 0.1) is 46.7 Å². The van der Waals surface area contributed by atoms with E-state index in [9.17, 15) is 23.9 Å². The summed E-state index contributed by atoms with van der Waals surface area (Å²) in [5.74, 6) is -6.63. The predicted molar refractivity (Wildman–Crippen MR) is 188 cm³/mol. The van der Waals surface area contributed by atoms with Crippen LogP contribution >= 0.6 is 23.2 Å². The van der Waals surface area contributed by atoms with Crippen LogP contribution in [0.3, 0.4) is 0 Å². The van der Waals surface area contributed by atoms with E-state index in [-0.39, 0.29) is 41.2 Å². The normalized spacial score (nSPS) is 26.8. The zero-order chi connectivity index (χ0) is 35.8. The number of carbonyl (C=O) groups is 4. The summed E-state index contributed by atoms with van der Waals surface area (Å²) in [6, 6.07) is 23.8. The standard InChI is InChI=1S/C39H30Cl2FN3O6/c1-51-31-18-20(17-30(41)34(31)46)33-26-15-16-27-32(37(49)44(35(27)47)25-5-3-2-4-6-25)28(26)19-29-36(48)45(43-24-13-11-23(42)12-14-24)38(50)39(29,33)21-7-9-22(40)10-8-21/h2-15,17-18,27-29,32-33,43,46H,16,19H2,1H3/t27-,28+,29-,32-,33-,39+/m0/s1. The molecule has 3 fully saturated rings. The summed E-state index contributed by atoms with van der Waals surface area (Å²) in [4.78, 5) is 59.5. The Morgan fingerprint density at radius 2 is 1.59 bits per heavy atom. The monoisotopic (exact) mass is 725 g/mol. The van der Waals surface area contributed by atoms with Gasteiger partial charge in [0.2, 0.25) is 11.8 Å². The number of aromatic hydroxyl groups is 1. The van der Waals surface area contributed by atoms with Crippen molar-refractivity contribution in [2.45, 2.75) is 24.2 Å². The van der Waals surface area contributed by atoms with Crippen molar-refractivity contribution in [3.05, 3.63) is 130 Å². The van der Waals surface area contributed by atoms with E-state index in [4.69, 9.17) is 27.9 Å². The third kappa shape index (κ3) is 4.87. The zero-order valence-corrected chi connectivity index (χ0v) is 28.6. The highest BCUT2D eigenvalue weighted by Crippen LogP contribution is 2.64. The Labute approximate surface area is 302 Å². The van der Waals surface area contributed by atoms with Gasteiger partial charge in [-0.05, 0) is 90.6 Å². The van der Waals surface area contributed by atoms with E-state index in [1.165, 1.54) is 36.3 Å². The minimum absolute atomic E-state index is 0.0380. The number of imide groups is 2. The van der Waals surface area contributed by atoms with Gasteiger partial charge < -0.3 is 9.84 Å². The van der Waals surface area contributed by atoms with Crippen LogP contribution in [0.5, 0.6) is 11.5 Å². The maximum atomic E-state index is 15.2. The highest BCUT2D eigenvalue weighted by molar-refractivity contribution is 6.32. The number of para-hydroxylation sites is 1. The Morgan fingerprint density at radius 1 is 0.882 bits per heavy atom. The molecule has 2 aliphatic heterocycles. The zero-order valence-electron chi connectivity index (χ0n) is 27.1. The number of phenols is 1. The molecule has 0 bridgehead atoms. The highest BCUT2D eigenvalue weighted by Gasteiger charge is 2.70. The van der Waals surface area contributed by atoms with Crippen LogP contribution in [0.25, 0.3) is 0 Å². The number of halogens is 3. The van der Waals surface area contributed by atoms with Crippen LogP contribution < -0.4 is 15.1 Å². The van der Waals surface area contributed by atoms with Gasteiger partial charge in [0.1, 0.15) is 5.82 Å². The van der Waals surface area contributed by atoms with Gasteiger partial charge in [-0.3, -0.25) is 29.5 Å². The molecule has 2 saturated heterocycles. The fourth-order valence-electron chi connectivity index (χ4n) is 8.78. The molecule has 4 aromatic carbocycles. The minimum Gasteiger partial charge on any atom is -0.503 e. The fourth-order valence-corrected chi connectivity index (χ4v) is 9.12. The maximum absolute atomic E-state index is 15.2. The average Bonchev–Trinajstić information content (AvgIpc) is 3.51. The van der Waals surface area contributed by atoms with Crippen molar-refractivity contribution in [1.82, 2.24) is 5.01 Å². The molecule has 2 N–H and O–H groups in total. The SMILES string of the molecule is COc1cc([C@H]2C3=CC[C@@H]4C(=O)N(c5ccccc5)C(=O)[C@@H]4[C@@H]3C[C@H]3C(=O)N(Nc4ccc(F)cc4)C(=O)[C@@]23c2ccc(Cl)cc2)cc(Cl)c1O. The van der Waals surface area contributed by atoms with Crippen molar-refractivity contribution in [2.24, 2.45) is 23.7 Å².